The second kappa shape index (κ2) is 5.91. The van der Waals surface area contributed by atoms with Gasteiger partial charge in [0.2, 0.25) is 0 Å². The van der Waals surface area contributed by atoms with E-state index >= 15 is 0 Å². The zero-order valence-corrected chi connectivity index (χ0v) is 11.0. The van der Waals surface area contributed by atoms with Crippen molar-refractivity contribution in [2.45, 2.75) is 25.8 Å². The van der Waals surface area contributed by atoms with Crippen molar-refractivity contribution < 1.29 is 4.74 Å². The average Bonchev–Trinajstić information content (AvgIpc) is 2.98. The SMILES string of the molecule is Cl.c1cn(CCOc2ccc3c(c2)CCC3)cn1. The highest BCUT2D eigenvalue weighted by atomic mass is 35.5. The molecule has 1 aromatic carbocycles. The van der Waals surface area contributed by atoms with Crippen LogP contribution in [-0.2, 0) is 19.4 Å². The van der Waals surface area contributed by atoms with Crippen LogP contribution in [0.15, 0.2) is 36.9 Å². The van der Waals surface area contributed by atoms with E-state index < -0.39 is 0 Å². The summed E-state index contributed by atoms with van der Waals surface area (Å²) in [5, 5.41) is 0. The summed E-state index contributed by atoms with van der Waals surface area (Å²) >= 11 is 0. The molecule has 2 aromatic rings. The number of aryl methyl sites for hydroxylation is 2. The molecule has 1 heterocycles. The number of aromatic nitrogens is 2. The third-order valence-corrected chi connectivity index (χ3v) is 3.25. The first-order valence-electron chi connectivity index (χ1n) is 6.12. The summed E-state index contributed by atoms with van der Waals surface area (Å²) in [6.45, 7) is 1.53. The molecule has 3 nitrogen and oxygen atoms in total. The summed E-state index contributed by atoms with van der Waals surface area (Å²) in [5.41, 5.74) is 2.96. The molecule has 96 valence electrons. The maximum Gasteiger partial charge on any atom is 0.119 e. The van der Waals surface area contributed by atoms with Crippen LogP contribution in [0.25, 0.3) is 0 Å². The van der Waals surface area contributed by atoms with Gasteiger partial charge in [-0.1, -0.05) is 6.07 Å². The fraction of sp³-hybridized carbons (Fsp3) is 0.357. The quantitative estimate of drug-likeness (QED) is 0.849. The lowest BCUT2D eigenvalue weighted by Crippen LogP contribution is -2.06. The monoisotopic (exact) mass is 264 g/mol. The second-order valence-electron chi connectivity index (χ2n) is 4.43. The number of rotatable bonds is 4. The van der Waals surface area contributed by atoms with Crippen LogP contribution < -0.4 is 4.74 Å². The van der Waals surface area contributed by atoms with Crippen LogP contribution in [0.5, 0.6) is 5.75 Å². The second-order valence-corrected chi connectivity index (χ2v) is 4.43. The number of nitrogens with zero attached hydrogens (tertiary/aromatic N) is 2. The van der Waals surface area contributed by atoms with E-state index in [2.05, 4.69) is 23.2 Å². The van der Waals surface area contributed by atoms with Gasteiger partial charge in [-0.05, 0) is 42.5 Å². The molecule has 0 unspecified atom stereocenters. The Morgan fingerprint density at radius 1 is 1.22 bits per heavy atom. The van der Waals surface area contributed by atoms with Crippen molar-refractivity contribution in [3.8, 4) is 5.75 Å². The fourth-order valence-electron chi connectivity index (χ4n) is 2.33. The molecule has 0 bridgehead atoms. The van der Waals surface area contributed by atoms with Gasteiger partial charge in [0, 0.05) is 12.4 Å². The Hall–Kier alpha value is -1.48. The maximum absolute atomic E-state index is 5.76. The molecule has 0 radical (unpaired) electrons. The molecule has 1 aliphatic carbocycles. The van der Waals surface area contributed by atoms with E-state index in [0.717, 1.165) is 12.3 Å². The molecule has 4 heteroatoms. The molecule has 0 N–H and O–H groups in total. The van der Waals surface area contributed by atoms with Crippen LogP contribution in [0.1, 0.15) is 17.5 Å². The van der Waals surface area contributed by atoms with E-state index in [9.17, 15) is 0 Å². The van der Waals surface area contributed by atoms with Crippen LogP contribution in [0, 0.1) is 0 Å². The topological polar surface area (TPSA) is 27.1 Å². The predicted octanol–water partition coefficient (Wildman–Crippen LogP) is 2.87. The number of halogens is 1. The van der Waals surface area contributed by atoms with Gasteiger partial charge in [0.25, 0.3) is 0 Å². The van der Waals surface area contributed by atoms with Gasteiger partial charge in [0.1, 0.15) is 12.4 Å². The Bertz CT molecular complexity index is 497. The molecule has 0 amide bonds. The van der Waals surface area contributed by atoms with Crippen LogP contribution in [-0.4, -0.2) is 16.2 Å². The lowest BCUT2D eigenvalue weighted by Gasteiger charge is -2.08. The number of ether oxygens (including phenoxy) is 1. The van der Waals surface area contributed by atoms with Crippen LogP contribution in [0.2, 0.25) is 0 Å². The first-order valence-corrected chi connectivity index (χ1v) is 6.12. The van der Waals surface area contributed by atoms with E-state index in [1.807, 2.05) is 17.1 Å². The van der Waals surface area contributed by atoms with Gasteiger partial charge >= 0.3 is 0 Å². The number of hydrogen-bond donors (Lipinski definition) is 0. The highest BCUT2D eigenvalue weighted by Gasteiger charge is 2.10. The van der Waals surface area contributed by atoms with Crippen molar-refractivity contribution in [1.82, 2.24) is 9.55 Å². The van der Waals surface area contributed by atoms with Crippen molar-refractivity contribution in [2.75, 3.05) is 6.61 Å². The standard InChI is InChI=1S/C14H16N2O.ClH/c1-2-12-4-5-14(10-13(12)3-1)17-9-8-16-7-6-15-11-16;/h4-7,10-11H,1-3,8-9H2;1H. The van der Waals surface area contributed by atoms with Crippen molar-refractivity contribution in [3.05, 3.63) is 48.0 Å². The Kier molecular flexibility index (Phi) is 4.26. The highest BCUT2D eigenvalue weighted by Crippen LogP contribution is 2.25. The lowest BCUT2D eigenvalue weighted by molar-refractivity contribution is 0.298. The molecule has 1 aliphatic rings. The first kappa shape index (κ1) is 13.0. The fourth-order valence-corrected chi connectivity index (χ4v) is 2.33. The smallest absolute Gasteiger partial charge is 0.119 e. The Morgan fingerprint density at radius 3 is 2.94 bits per heavy atom. The lowest BCUT2D eigenvalue weighted by atomic mass is 10.1. The van der Waals surface area contributed by atoms with Gasteiger partial charge in [-0.3, -0.25) is 0 Å². The van der Waals surface area contributed by atoms with Crippen molar-refractivity contribution >= 4 is 12.4 Å². The number of fused-ring (bicyclic) bond motifs is 1. The Balaban J connectivity index is 0.00000120. The van der Waals surface area contributed by atoms with Gasteiger partial charge in [-0.25, -0.2) is 4.98 Å². The van der Waals surface area contributed by atoms with Gasteiger partial charge in [-0.15, -0.1) is 12.4 Å². The van der Waals surface area contributed by atoms with E-state index in [1.54, 1.807) is 6.20 Å². The number of benzene rings is 1. The largest absolute Gasteiger partial charge is 0.492 e. The molecular formula is C14H17ClN2O. The highest BCUT2D eigenvalue weighted by molar-refractivity contribution is 5.85. The zero-order valence-electron chi connectivity index (χ0n) is 10.2. The minimum absolute atomic E-state index is 0. The molecule has 0 fully saturated rings. The molecular weight excluding hydrogens is 248 g/mol. The zero-order chi connectivity index (χ0) is 11.5. The summed E-state index contributed by atoms with van der Waals surface area (Å²) in [6, 6.07) is 6.48. The van der Waals surface area contributed by atoms with Crippen LogP contribution in [0.3, 0.4) is 0 Å². The van der Waals surface area contributed by atoms with Gasteiger partial charge < -0.3 is 9.30 Å². The molecule has 3 rings (SSSR count). The molecule has 0 spiro atoms. The van der Waals surface area contributed by atoms with E-state index in [0.29, 0.717) is 6.61 Å². The summed E-state index contributed by atoms with van der Waals surface area (Å²) in [6.07, 6.45) is 9.26. The van der Waals surface area contributed by atoms with E-state index in [4.69, 9.17) is 4.74 Å². The summed E-state index contributed by atoms with van der Waals surface area (Å²) in [5.74, 6) is 0.991. The third-order valence-electron chi connectivity index (χ3n) is 3.25. The third kappa shape index (κ3) is 2.85. The minimum Gasteiger partial charge on any atom is -0.492 e. The average molecular weight is 265 g/mol. The summed E-state index contributed by atoms with van der Waals surface area (Å²) in [4.78, 5) is 4.00. The van der Waals surface area contributed by atoms with Crippen molar-refractivity contribution in [2.24, 2.45) is 0 Å². The minimum atomic E-state index is 0. The molecule has 0 saturated heterocycles. The molecule has 0 atom stereocenters. The van der Waals surface area contributed by atoms with Crippen molar-refractivity contribution in [3.63, 3.8) is 0 Å². The molecule has 0 saturated carbocycles. The van der Waals surface area contributed by atoms with Crippen molar-refractivity contribution in [1.29, 1.82) is 0 Å². The first-order chi connectivity index (χ1) is 8.42. The van der Waals surface area contributed by atoms with Crippen LogP contribution >= 0.6 is 12.4 Å². The molecule has 1 aromatic heterocycles. The molecule has 0 aliphatic heterocycles. The number of imidazole rings is 1. The van der Waals surface area contributed by atoms with Crippen LogP contribution in [0.4, 0.5) is 0 Å². The predicted molar refractivity (Wildman–Crippen MR) is 73.4 cm³/mol. The van der Waals surface area contributed by atoms with Gasteiger partial charge in [0.05, 0.1) is 12.9 Å². The van der Waals surface area contributed by atoms with Gasteiger partial charge in [0.15, 0.2) is 0 Å². The summed E-state index contributed by atoms with van der Waals surface area (Å²) < 4.78 is 7.78. The molecule has 18 heavy (non-hydrogen) atoms. The Morgan fingerprint density at radius 2 is 2.11 bits per heavy atom. The summed E-state index contributed by atoms with van der Waals surface area (Å²) in [7, 11) is 0. The normalized spacial score (nSPS) is 12.9. The van der Waals surface area contributed by atoms with E-state index in [-0.39, 0.29) is 12.4 Å². The maximum atomic E-state index is 5.76. The number of hydrogen-bond acceptors (Lipinski definition) is 2. The van der Waals surface area contributed by atoms with Gasteiger partial charge in [-0.2, -0.15) is 0 Å². The Labute approximate surface area is 113 Å². The van der Waals surface area contributed by atoms with E-state index in [1.165, 1.54) is 30.4 Å².